The Hall–Kier alpha value is -1.81. The Labute approximate surface area is 123 Å². The summed E-state index contributed by atoms with van der Waals surface area (Å²) in [6, 6.07) is 11.7. The Morgan fingerprint density at radius 2 is 1.90 bits per heavy atom. The van der Waals surface area contributed by atoms with Gasteiger partial charge in [0.2, 0.25) is 0 Å². The molecule has 0 saturated heterocycles. The number of nitrogens with one attached hydrogen (secondary N) is 1. The summed E-state index contributed by atoms with van der Waals surface area (Å²) in [6.45, 7) is 5.07. The fraction of sp³-hybridized carbons (Fsp3) is 0.312. The molecule has 106 valence electrons. The fourth-order valence-corrected chi connectivity index (χ4v) is 2.81. The van der Waals surface area contributed by atoms with Crippen molar-refractivity contribution in [3.63, 3.8) is 0 Å². The van der Waals surface area contributed by atoms with Crippen LogP contribution in [-0.4, -0.2) is 12.6 Å². The zero-order valence-corrected chi connectivity index (χ0v) is 12.6. The molecule has 20 heavy (non-hydrogen) atoms. The molecule has 0 fully saturated rings. The van der Waals surface area contributed by atoms with Crippen LogP contribution in [0.3, 0.4) is 0 Å². The molecule has 0 spiro atoms. The van der Waals surface area contributed by atoms with Crippen molar-refractivity contribution >= 4 is 23.0 Å². The first kappa shape index (κ1) is 14.6. The van der Waals surface area contributed by atoms with Gasteiger partial charge < -0.3 is 10.1 Å². The molecule has 4 heteroatoms. The lowest BCUT2D eigenvalue weighted by molar-refractivity contribution is 0.0527. The van der Waals surface area contributed by atoms with E-state index in [2.05, 4.69) is 24.4 Å². The van der Waals surface area contributed by atoms with E-state index in [9.17, 15) is 4.79 Å². The zero-order chi connectivity index (χ0) is 14.4. The predicted octanol–water partition coefficient (Wildman–Crippen LogP) is 4.10. The van der Waals surface area contributed by atoms with Crippen molar-refractivity contribution in [2.75, 3.05) is 11.9 Å². The van der Waals surface area contributed by atoms with Crippen LogP contribution in [0.5, 0.6) is 0 Å². The summed E-state index contributed by atoms with van der Waals surface area (Å²) in [7, 11) is 0. The fourth-order valence-electron chi connectivity index (χ4n) is 1.91. The average molecular weight is 289 g/mol. The van der Waals surface area contributed by atoms with Gasteiger partial charge in [0, 0.05) is 22.0 Å². The number of benzene rings is 1. The van der Waals surface area contributed by atoms with E-state index in [-0.39, 0.29) is 5.97 Å². The lowest BCUT2D eigenvalue weighted by atomic mass is 10.2. The molecule has 1 aromatic carbocycles. The van der Waals surface area contributed by atoms with Crippen LogP contribution in [-0.2, 0) is 17.7 Å². The lowest BCUT2D eigenvalue weighted by Crippen LogP contribution is -2.09. The van der Waals surface area contributed by atoms with E-state index in [1.807, 2.05) is 25.1 Å². The normalized spacial score (nSPS) is 10.3. The molecule has 0 aliphatic heterocycles. The summed E-state index contributed by atoms with van der Waals surface area (Å²) in [5.74, 6) is -0.281. The Morgan fingerprint density at radius 1 is 1.15 bits per heavy atom. The van der Waals surface area contributed by atoms with Gasteiger partial charge >= 0.3 is 5.97 Å². The van der Waals surface area contributed by atoms with Gasteiger partial charge in [-0.25, -0.2) is 4.79 Å². The molecule has 0 bridgehead atoms. The van der Waals surface area contributed by atoms with Crippen molar-refractivity contribution in [2.24, 2.45) is 0 Å². The quantitative estimate of drug-likeness (QED) is 0.814. The minimum atomic E-state index is -0.281. The molecule has 0 radical (unpaired) electrons. The van der Waals surface area contributed by atoms with Gasteiger partial charge in [0.25, 0.3) is 0 Å². The number of esters is 1. The Morgan fingerprint density at radius 3 is 2.60 bits per heavy atom. The largest absolute Gasteiger partial charge is 0.462 e. The third kappa shape index (κ3) is 3.61. The third-order valence-corrected chi connectivity index (χ3v) is 4.17. The molecule has 0 aliphatic carbocycles. The Bertz CT molecular complexity index is 577. The number of ether oxygens (including phenoxy) is 1. The Kier molecular flexibility index (Phi) is 5.18. The maximum absolute atomic E-state index is 11.9. The summed E-state index contributed by atoms with van der Waals surface area (Å²) < 4.78 is 5.07. The summed E-state index contributed by atoms with van der Waals surface area (Å²) in [4.78, 5) is 14.5. The van der Waals surface area contributed by atoms with E-state index < -0.39 is 0 Å². The monoisotopic (exact) mass is 289 g/mol. The molecule has 0 saturated carbocycles. The van der Waals surface area contributed by atoms with E-state index >= 15 is 0 Å². The van der Waals surface area contributed by atoms with Gasteiger partial charge in [0.05, 0.1) is 12.2 Å². The van der Waals surface area contributed by atoms with Crippen LogP contribution in [0.15, 0.2) is 36.4 Å². The topological polar surface area (TPSA) is 38.3 Å². The SMILES string of the molecule is CCOC(=O)c1ccccc1NCc1ccc(CC)s1. The highest BCUT2D eigenvalue weighted by Gasteiger charge is 2.11. The van der Waals surface area contributed by atoms with Crippen molar-refractivity contribution in [1.29, 1.82) is 0 Å². The Balaban J connectivity index is 2.07. The number of carbonyl (C=O) groups is 1. The van der Waals surface area contributed by atoms with E-state index in [0.29, 0.717) is 12.2 Å². The van der Waals surface area contributed by atoms with Gasteiger partial charge in [-0.2, -0.15) is 0 Å². The molecule has 0 amide bonds. The highest BCUT2D eigenvalue weighted by Crippen LogP contribution is 2.21. The van der Waals surface area contributed by atoms with Crippen molar-refractivity contribution in [3.8, 4) is 0 Å². The standard InChI is InChI=1S/C16H19NO2S/c1-3-12-9-10-13(20-12)11-17-15-8-6-5-7-14(15)16(18)19-4-2/h5-10,17H,3-4,11H2,1-2H3. The number of para-hydroxylation sites is 1. The predicted molar refractivity (Wildman–Crippen MR) is 83.4 cm³/mol. The van der Waals surface area contributed by atoms with Gasteiger partial charge in [-0.15, -0.1) is 11.3 Å². The van der Waals surface area contributed by atoms with Gasteiger partial charge in [-0.3, -0.25) is 0 Å². The molecule has 1 heterocycles. The molecular weight excluding hydrogens is 270 g/mol. The third-order valence-electron chi connectivity index (χ3n) is 2.94. The summed E-state index contributed by atoms with van der Waals surface area (Å²) in [5.41, 5.74) is 1.40. The highest BCUT2D eigenvalue weighted by atomic mass is 32.1. The first-order valence-corrected chi connectivity index (χ1v) is 7.63. The van der Waals surface area contributed by atoms with E-state index in [1.165, 1.54) is 9.75 Å². The highest BCUT2D eigenvalue weighted by molar-refractivity contribution is 7.12. The van der Waals surface area contributed by atoms with E-state index in [1.54, 1.807) is 17.4 Å². The van der Waals surface area contributed by atoms with Gasteiger partial charge in [-0.1, -0.05) is 19.1 Å². The van der Waals surface area contributed by atoms with Gasteiger partial charge in [-0.05, 0) is 37.6 Å². The van der Waals surface area contributed by atoms with Crippen LogP contribution in [0.4, 0.5) is 5.69 Å². The van der Waals surface area contributed by atoms with E-state index in [4.69, 9.17) is 4.74 Å². The molecule has 0 atom stereocenters. The van der Waals surface area contributed by atoms with Crippen LogP contribution in [0.1, 0.15) is 34.0 Å². The number of thiophene rings is 1. The minimum absolute atomic E-state index is 0.281. The molecule has 0 aliphatic rings. The van der Waals surface area contributed by atoms with Crippen molar-refractivity contribution in [3.05, 3.63) is 51.7 Å². The first-order valence-electron chi connectivity index (χ1n) is 6.82. The average Bonchev–Trinajstić information content (AvgIpc) is 2.93. The maximum Gasteiger partial charge on any atom is 0.340 e. The van der Waals surface area contributed by atoms with Gasteiger partial charge in [0.15, 0.2) is 0 Å². The van der Waals surface area contributed by atoms with Gasteiger partial charge in [0.1, 0.15) is 0 Å². The number of rotatable bonds is 6. The second kappa shape index (κ2) is 7.10. The molecule has 2 rings (SSSR count). The van der Waals surface area contributed by atoms with Crippen LogP contribution in [0, 0.1) is 0 Å². The van der Waals surface area contributed by atoms with Crippen LogP contribution < -0.4 is 5.32 Å². The maximum atomic E-state index is 11.9. The molecule has 2 aromatic rings. The van der Waals surface area contributed by atoms with Crippen molar-refractivity contribution in [2.45, 2.75) is 26.8 Å². The lowest BCUT2D eigenvalue weighted by Gasteiger charge is -2.10. The van der Waals surface area contributed by atoms with Crippen molar-refractivity contribution < 1.29 is 9.53 Å². The molecular formula is C16H19NO2S. The molecule has 1 aromatic heterocycles. The second-order valence-electron chi connectivity index (χ2n) is 4.34. The van der Waals surface area contributed by atoms with Crippen LogP contribution in [0.25, 0.3) is 0 Å². The smallest absolute Gasteiger partial charge is 0.340 e. The number of hydrogen-bond donors (Lipinski definition) is 1. The van der Waals surface area contributed by atoms with Crippen LogP contribution >= 0.6 is 11.3 Å². The zero-order valence-electron chi connectivity index (χ0n) is 11.8. The molecule has 1 N–H and O–H groups in total. The number of aryl methyl sites for hydroxylation is 1. The number of hydrogen-bond acceptors (Lipinski definition) is 4. The summed E-state index contributed by atoms with van der Waals surface area (Å²) in [5, 5.41) is 3.32. The van der Waals surface area contributed by atoms with Crippen molar-refractivity contribution in [1.82, 2.24) is 0 Å². The molecule has 0 unspecified atom stereocenters. The minimum Gasteiger partial charge on any atom is -0.462 e. The van der Waals surface area contributed by atoms with Crippen LogP contribution in [0.2, 0.25) is 0 Å². The number of carbonyl (C=O) groups excluding carboxylic acids is 1. The van der Waals surface area contributed by atoms with E-state index in [0.717, 1.165) is 18.7 Å². The number of anilines is 1. The molecule has 3 nitrogen and oxygen atoms in total. The second-order valence-corrected chi connectivity index (χ2v) is 5.59. The first-order chi connectivity index (χ1) is 9.74. The summed E-state index contributed by atoms with van der Waals surface area (Å²) in [6.07, 6.45) is 1.06. The summed E-state index contributed by atoms with van der Waals surface area (Å²) >= 11 is 1.80.